The highest BCUT2D eigenvalue weighted by molar-refractivity contribution is 7.17. The van der Waals surface area contributed by atoms with E-state index in [1.807, 2.05) is 6.92 Å². The normalized spacial score (nSPS) is 16.1. The predicted octanol–water partition coefficient (Wildman–Crippen LogP) is 6.24. The molecule has 0 aliphatic carbocycles. The number of aryl methyl sites for hydroxylation is 1. The maximum atomic E-state index is 13.6. The van der Waals surface area contributed by atoms with Crippen LogP contribution in [0.1, 0.15) is 59.7 Å². The van der Waals surface area contributed by atoms with E-state index >= 15 is 0 Å². The van der Waals surface area contributed by atoms with Crippen LogP contribution in [0.15, 0.2) is 66.8 Å². The summed E-state index contributed by atoms with van der Waals surface area (Å²) in [6.45, 7) is 12.2. The molecule has 1 saturated heterocycles. The quantitative estimate of drug-likeness (QED) is 0.0866. The maximum Gasteiger partial charge on any atom is 0.350 e. The van der Waals surface area contributed by atoms with Gasteiger partial charge in [-0.25, -0.2) is 9.78 Å². The lowest BCUT2D eigenvalue weighted by atomic mass is 9.95. The van der Waals surface area contributed by atoms with Gasteiger partial charge in [0.25, 0.3) is 5.78 Å². The molecule has 2 heterocycles. The topological polar surface area (TPSA) is 115 Å². The van der Waals surface area contributed by atoms with Gasteiger partial charge in [0, 0.05) is 5.56 Å². The molecular weight excluding hydrogens is 556 g/mol. The Bertz CT molecular complexity index is 1510. The lowest BCUT2D eigenvalue weighted by Gasteiger charge is -2.23. The van der Waals surface area contributed by atoms with Crippen LogP contribution in [-0.2, 0) is 14.3 Å². The number of hydrogen-bond donors (Lipinski definition) is 1. The number of nitrogens with zero attached hydrogens (tertiary/aromatic N) is 2. The third kappa shape index (κ3) is 6.54. The van der Waals surface area contributed by atoms with Crippen LogP contribution >= 0.6 is 11.3 Å². The Morgan fingerprint density at radius 1 is 1.14 bits per heavy atom. The minimum atomic E-state index is -1.03. The number of esters is 1. The molecule has 1 aliphatic rings. The van der Waals surface area contributed by atoms with Crippen LogP contribution in [0.5, 0.6) is 11.5 Å². The molecule has 0 spiro atoms. The van der Waals surface area contributed by atoms with Crippen LogP contribution in [0.25, 0.3) is 5.76 Å². The van der Waals surface area contributed by atoms with Crippen LogP contribution in [0.2, 0.25) is 0 Å². The lowest BCUT2D eigenvalue weighted by molar-refractivity contribution is -0.132. The number of ketones is 1. The van der Waals surface area contributed by atoms with Gasteiger partial charge in [0.05, 0.1) is 30.5 Å². The van der Waals surface area contributed by atoms with Crippen LogP contribution in [0.3, 0.4) is 0 Å². The number of rotatable bonds is 12. The first-order valence-electron chi connectivity index (χ1n) is 13.7. The average molecular weight is 591 g/mol. The Kier molecular flexibility index (Phi) is 9.80. The minimum Gasteiger partial charge on any atom is -0.507 e. The Morgan fingerprint density at radius 2 is 1.88 bits per heavy atom. The van der Waals surface area contributed by atoms with Crippen molar-refractivity contribution in [2.24, 2.45) is 5.92 Å². The van der Waals surface area contributed by atoms with Gasteiger partial charge in [0.2, 0.25) is 0 Å². The van der Waals surface area contributed by atoms with E-state index in [4.69, 9.17) is 14.2 Å². The number of thiazole rings is 1. The SMILES string of the molecule is C=CCOC(=O)c1sc(N2C(=O)C(=O)/C(=C(/O)c3ccc(OCC)cc3)C2c2cccc(OCCC(C)C)c2)nc1C. The number of aliphatic hydroxyl groups excluding tert-OH is 1. The van der Waals surface area contributed by atoms with Crippen molar-refractivity contribution in [2.75, 3.05) is 24.7 Å². The summed E-state index contributed by atoms with van der Waals surface area (Å²) in [5.41, 5.74) is 1.12. The van der Waals surface area contributed by atoms with Crippen molar-refractivity contribution in [3.63, 3.8) is 0 Å². The van der Waals surface area contributed by atoms with Gasteiger partial charge in [-0.3, -0.25) is 14.5 Å². The predicted molar refractivity (Wildman–Crippen MR) is 161 cm³/mol. The summed E-state index contributed by atoms with van der Waals surface area (Å²) >= 11 is 0.939. The molecule has 0 radical (unpaired) electrons. The van der Waals surface area contributed by atoms with E-state index in [1.54, 1.807) is 55.5 Å². The molecule has 1 aromatic heterocycles. The number of Topliss-reactive ketones (excluding diaryl/α,β-unsaturated/α-hetero) is 1. The monoisotopic (exact) mass is 590 g/mol. The second kappa shape index (κ2) is 13.5. The van der Waals surface area contributed by atoms with E-state index in [0.29, 0.717) is 47.5 Å². The summed E-state index contributed by atoms with van der Waals surface area (Å²) in [7, 11) is 0. The molecule has 1 unspecified atom stereocenters. The van der Waals surface area contributed by atoms with E-state index in [0.717, 1.165) is 17.8 Å². The summed E-state index contributed by atoms with van der Waals surface area (Å²) in [6.07, 6.45) is 2.30. The number of hydrogen-bond acceptors (Lipinski definition) is 9. The Morgan fingerprint density at radius 3 is 2.55 bits per heavy atom. The molecule has 9 nitrogen and oxygen atoms in total. The molecule has 2 aromatic carbocycles. The molecule has 10 heteroatoms. The fraction of sp³-hybridized carbons (Fsp3) is 0.312. The third-order valence-electron chi connectivity index (χ3n) is 6.53. The average Bonchev–Trinajstić information content (AvgIpc) is 3.48. The van der Waals surface area contributed by atoms with E-state index < -0.39 is 23.7 Å². The zero-order valence-corrected chi connectivity index (χ0v) is 24.9. The minimum absolute atomic E-state index is 0.0156. The first-order valence-corrected chi connectivity index (χ1v) is 14.5. The molecule has 0 saturated carbocycles. The van der Waals surface area contributed by atoms with Crippen LogP contribution in [0, 0.1) is 12.8 Å². The van der Waals surface area contributed by atoms with Crippen molar-refractivity contribution in [3.05, 3.63) is 88.5 Å². The number of benzene rings is 2. The maximum absolute atomic E-state index is 13.6. The molecular formula is C32H34N2O7S. The van der Waals surface area contributed by atoms with Gasteiger partial charge in [0.1, 0.15) is 28.7 Å². The van der Waals surface area contributed by atoms with Crippen molar-refractivity contribution in [1.82, 2.24) is 4.98 Å². The van der Waals surface area contributed by atoms with Crippen LogP contribution in [0.4, 0.5) is 5.13 Å². The zero-order chi connectivity index (χ0) is 30.4. The molecule has 4 rings (SSSR count). The summed E-state index contributed by atoms with van der Waals surface area (Å²) in [4.78, 5) is 45.7. The van der Waals surface area contributed by atoms with E-state index in [2.05, 4.69) is 25.4 Å². The van der Waals surface area contributed by atoms with Gasteiger partial charge in [0.15, 0.2) is 5.13 Å². The van der Waals surface area contributed by atoms with Crippen molar-refractivity contribution >= 4 is 39.9 Å². The first-order chi connectivity index (χ1) is 20.2. The highest BCUT2D eigenvalue weighted by Gasteiger charge is 2.48. The fourth-order valence-corrected chi connectivity index (χ4v) is 5.43. The summed E-state index contributed by atoms with van der Waals surface area (Å²) in [5, 5.41) is 11.6. The Labute approximate surface area is 249 Å². The van der Waals surface area contributed by atoms with Crippen molar-refractivity contribution in [1.29, 1.82) is 0 Å². The number of aliphatic hydroxyl groups is 1. The highest BCUT2D eigenvalue weighted by Crippen LogP contribution is 2.44. The van der Waals surface area contributed by atoms with Gasteiger partial charge in [-0.2, -0.15) is 0 Å². The number of anilines is 1. The second-order valence-corrected chi connectivity index (χ2v) is 11.0. The highest BCUT2D eigenvalue weighted by atomic mass is 32.1. The van der Waals surface area contributed by atoms with Crippen molar-refractivity contribution in [3.8, 4) is 11.5 Å². The number of carbonyl (C=O) groups excluding carboxylic acids is 3. The zero-order valence-electron chi connectivity index (χ0n) is 24.1. The molecule has 3 aromatic rings. The van der Waals surface area contributed by atoms with Gasteiger partial charge < -0.3 is 19.3 Å². The summed E-state index contributed by atoms with van der Waals surface area (Å²) in [6, 6.07) is 12.6. The third-order valence-corrected chi connectivity index (χ3v) is 7.67. The number of carbonyl (C=O) groups is 3. The Hall–Kier alpha value is -4.44. The molecule has 220 valence electrons. The molecule has 1 N–H and O–H groups in total. The largest absolute Gasteiger partial charge is 0.507 e. The smallest absolute Gasteiger partial charge is 0.350 e. The lowest BCUT2D eigenvalue weighted by Crippen LogP contribution is -2.29. The summed E-state index contributed by atoms with van der Waals surface area (Å²) in [5.74, 6) is -1.09. The molecule has 1 fully saturated rings. The van der Waals surface area contributed by atoms with Crippen molar-refractivity contribution < 1.29 is 33.7 Å². The molecule has 1 aliphatic heterocycles. The standard InChI is InChI=1S/C32H34N2O7S/c1-6-16-41-31(38)29-20(5)33-32(42-29)34-26(22-9-8-10-24(18-22)40-17-15-19(3)4)25(28(36)30(34)37)27(35)21-11-13-23(14-12-21)39-7-2/h6,8-14,18-19,26,35H,1,7,15-17H2,2-5H3/b27-25+. The van der Waals surface area contributed by atoms with E-state index in [-0.39, 0.29) is 27.9 Å². The molecule has 1 atom stereocenters. The number of ether oxygens (including phenoxy) is 3. The Balaban J connectivity index is 1.83. The van der Waals surface area contributed by atoms with E-state index in [1.165, 1.54) is 11.0 Å². The van der Waals surface area contributed by atoms with Gasteiger partial charge >= 0.3 is 11.9 Å². The van der Waals surface area contributed by atoms with Gasteiger partial charge in [-0.1, -0.05) is 50.0 Å². The van der Waals surface area contributed by atoms with Gasteiger partial charge in [-0.05, 0) is 68.1 Å². The molecule has 1 amide bonds. The number of aromatic nitrogens is 1. The molecule has 42 heavy (non-hydrogen) atoms. The van der Waals surface area contributed by atoms with E-state index in [9.17, 15) is 19.5 Å². The van der Waals surface area contributed by atoms with Crippen molar-refractivity contribution in [2.45, 2.75) is 40.2 Å². The van der Waals surface area contributed by atoms with Crippen LogP contribution < -0.4 is 14.4 Å². The first kappa shape index (κ1) is 30.5. The second-order valence-electron chi connectivity index (χ2n) is 10.0. The molecule has 0 bridgehead atoms. The summed E-state index contributed by atoms with van der Waals surface area (Å²) < 4.78 is 16.6. The fourth-order valence-electron chi connectivity index (χ4n) is 4.44. The van der Waals surface area contributed by atoms with Gasteiger partial charge in [-0.15, -0.1) is 0 Å². The number of amides is 1. The van der Waals surface area contributed by atoms with Crippen LogP contribution in [-0.4, -0.2) is 47.6 Å².